The number of benzene rings is 2. The van der Waals surface area contributed by atoms with E-state index in [1.165, 1.54) is 12.4 Å². The third kappa shape index (κ3) is 7.45. The highest BCUT2D eigenvalue weighted by Gasteiger charge is 2.14. The van der Waals surface area contributed by atoms with Crippen molar-refractivity contribution in [1.82, 2.24) is 5.32 Å². The lowest BCUT2D eigenvalue weighted by atomic mass is 9.96. The standard InChI is InChI=1S/C30H34N4/c1-6-26(19-23(3)20-32)24(4)34-29-17-12-16-28(27-14-8-7-9-15-27)30(29)25(5)33-21-22(2)13-10-11-18-31/h6-20,32-33H,2,5,21,31H2,1,3-4H3/b13-10-,18-11-,23-19-,26-6+,32-20?,34-24+. The lowest BCUT2D eigenvalue weighted by molar-refractivity contribution is 0.983. The van der Waals surface area contributed by atoms with E-state index in [9.17, 15) is 0 Å². The van der Waals surface area contributed by atoms with Crippen molar-refractivity contribution >= 4 is 23.3 Å². The molecular formula is C30H34N4. The van der Waals surface area contributed by atoms with Gasteiger partial charge in [-0.3, -0.25) is 4.99 Å². The molecule has 0 fully saturated rings. The summed E-state index contributed by atoms with van der Waals surface area (Å²) >= 11 is 0. The molecule has 0 atom stereocenters. The summed E-state index contributed by atoms with van der Waals surface area (Å²) in [4.78, 5) is 4.98. The van der Waals surface area contributed by atoms with Crippen LogP contribution >= 0.6 is 0 Å². The maximum Gasteiger partial charge on any atom is 0.0732 e. The van der Waals surface area contributed by atoms with E-state index in [1.807, 2.05) is 75.4 Å². The summed E-state index contributed by atoms with van der Waals surface area (Å²) in [5.41, 5.74) is 13.7. The number of hydrogen-bond donors (Lipinski definition) is 3. The van der Waals surface area contributed by atoms with Crippen LogP contribution in [0, 0.1) is 5.41 Å². The highest BCUT2D eigenvalue weighted by atomic mass is 14.9. The van der Waals surface area contributed by atoms with E-state index in [-0.39, 0.29) is 0 Å². The Morgan fingerprint density at radius 1 is 1.06 bits per heavy atom. The van der Waals surface area contributed by atoms with Gasteiger partial charge in [-0.15, -0.1) is 0 Å². The van der Waals surface area contributed by atoms with Crippen molar-refractivity contribution in [2.24, 2.45) is 10.7 Å². The molecule has 0 saturated heterocycles. The fraction of sp³-hybridized carbons (Fsp3) is 0.133. The zero-order valence-corrected chi connectivity index (χ0v) is 20.3. The largest absolute Gasteiger partial charge is 0.405 e. The maximum atomic E-state index is 7.48. The molecule has 0 unspecified atom stereocenters. The van der Waals surface area contributed by atoms with Gasteiger partial charge in [-0.1, -0.05) is 73.9 Å². The summed E-state index contributed by atoms with van der Waals surface area (Å²) in [5.74, 6) is 0. The molecular weight excluding hydrogens is 416 g/mol. The van der Waals surface area contributed by atoms with E-state index < -0.39 is 0 Å². The van der Waals surface area contributed by atoms with Crippen molar-refractivity contribution in [2.75, 3.05) is 6.54 Å². The van der Waals surface area contributed by atoms with Crippen molar-refractivity contribution < 1.29 is 0 Å². The molecule has 0 spiro atoms. The monoisotopic (exact) mass is 450 g/mol. The van der Waals surface area contributed by atoms with Crippen molar-refractivity contribution in [3.63, 3.8) is 0 Å². The van der Waals surface area contributed by atoms with Gasteiger partial charge >= 0.3 is 0 Å². The van der Waals surface area contributed by atoms with Crippen LogP contribution in [0.15, 0.2) is 120 Å². The fourth-order valence-electron chi connectivity index (χ4n) is 3.36. The Morgan fingerprint density at radius 2 is 1.79 bits per heavy atom. The van der Waals surface area contributed by atoms with Gasteiger partial charge in [0.15, 0.2) is 0 Å². The van der Waals surface area contributed by atoms with Crippen molar-refractivity contribution in [3.8, 4) is 11.1 Å². The first-order valence-electron chi connectivity index (χ1n) is 11.2. The average molecular weight is 451 g/mol. The molecule has 0 aliphatic carbocycles. The van der Waals surface area contributed by atoms with E-state index in [4.69, 9.17) is 16.1 Å². The van der Waals surface area contributed by atoms with E-state index in [0.29, 0.717) is 6.54 Å². The van der Waals surface area contributed by atoms with Gasteiger partial charge in [0.05, 0.1) is 5.69 Å². The van der Waals surface area contributed by atoms with Crippen LogP contribution in [-0.4, -0.2) is 18.5 Å². The molecule has 0 bridgehead atoms. The number of nitrogens with two attached hydrogens (primary N) is 1. The van der Waals surface area contributed by atoms with Crippen LogP contribution in [0.3, 0.4) is 0 Å². The smallest absolute Gasteiger partial charge is 0.0732 e. The lowest BCUT2D eigenvalue weighted by Crippen LogP contribution is -2.14. The van der Waals surface area contributed by atoms with Crippen molar-refractivity contribution in [1.29, 1.82) is 5.41 Å². The number of nitrogens with one attached hydrogen (secondary N) is 2. The zero-order chi connectivity index (χ0) is 24.9. The molecule has 2 aromatic carbocycles. The minimum atomic E-state index is 0.542. The summed E-state index contributed by atoms with van der Waals surface area (Å²) < 4.78 is 0. The van der Waals surface area contributed by atoms with Gasteiger partial charge in [-0.2, -0.15) is 0 Å². The Hall–Kier alpha value is -4.18. The molecule has 174 valence electrons. The highest BCUT2D eigenvalue weighted by molar-refractivity contribution is 6.04. The minimum Gasteiger partial charge on any atom is -0.405 e. The summed E-state index contributed by atoms with van der Waals surface area (Å²) in [6.07, 6.45) is 12.3. The second kappa shape index (κ2) is 13.4. The molecule has 2 rings (SSSR count). The normalized spacial score (nSPS) is 12.9. The lowest BCUT2D eigenvalue weighted by Gasteiger charge is -2.18. The van der Waals surface area contributed by atoms with Gasteiger partial charge in [0.25, 0.3) is 0 Å². The number of hydrogen-bond acceptors (Lipinski definition) is 4. The Kier molecular flexibility index (Phi) is 10.3. The maximum absolute atomic E-state index is 7.48. The molecule has 0 radical (unpaired) electrons. The van der Waals surface area contributed by atoms with Gasteiger partial charge in [0.2, 0.25) is 0 Å². The first-order chi connectivity index (χ1) is 16.4. The molecule has 2 aromatic rings. The second-order valence-corrected chi connectivity index (χ2v) is 7.77. The number of allylic oxidation sites excluding steroid dienone is 6. The Balaban J connectivity index is 2.52. The van der Waals surface area contributed by atoms with Gasteiger partial charge in [-0.25, -0.2) is 0 Å². The molecule has 0 aromatic heterocycles. The topological polar surface area (TPSA) is 74.3 Å². The molecule has 4 nitrogen and oxygen atoms in total. The molecule has 0 heterocycles. The molecule has 0 aliphatic rings. The number of nitrogens with zero attached hydrogens (tertiary/aromatic N) is 1. The first-order valence-corrected chi connectivity index (χ1v) is 11.2. The van der Waals surface area contributed by atoms with Crippen LogP contribution in [0.2, 0.25) is 0 Å². The van der Waals surface area contributed by atoms with E-state index in [0.717, 1.165) is 50.5 Å². The second-order valence-electron chi connectivity index (χ2n) is 7.77. The average Bonchev–Trinajstić information content (AvgIpc) is 2.86. The van der Waals surface area contributed by atoms with E-state index >= 15 is 0 Å². The van der Waals surface area contributed by atoms with Gasteiger partial charge < -0.3 is 16.5 Å². The predicted molar refractivity (Wildman–Crippen MR) is 150 cm³/mol. The van der Waals surface area contributed by atoms with Crippen LogP contribution in [0.4, 0.5) is 5.69 Å². The summed E-state index contributed by atoms with van der Waals surface area (Å²) in [6.45, 7) is 14.8. The zero-order valence-electron chi connectivity index (χ0n) is 20.3. The van der Waals surface area contributed by atoms with Crippen molar-refractivity contribution in [3.05, 3.63) is 121 Å². The Labute approximate surface area is 203 Å². The molecule has 0 aliphatic heterocycles. The SMILES string of the molecule is C=C(/C=C\C=C/N)CNC(=C)c1c(/N=C(C)/C(/C=C(/C)C=N)=C/C)cccc1-c1ccccc1. The van der Waals surface area contributed by atoms with Crippen LogP contribution < -0.4 is 11.1 Å². The quantitative estimate of drug-likeness (QED) is 0.251. The van der Waals surface area contributed by atoms with E-state index in [2.05, 4.69) is 36.7 Å². The molecule has 4 N–H and O–H groups in total. The number of rotatable bonds is 11. The molecule has 34 heavy (non-hydrogen) atoms. The Morgan fingerprint density at radius 3 is 2.44 bits per heavy atom. The fourth-order valence-corrected chi connectivity index (χ4v) is 3.36. The Bertz CT molecular complexity index is 1180. The highest BCUT2D eigenvalue weighted by Crippen LogP contribution is 2.35. The van der Waals surface area contributed by atoms with Crippen molar-refractivity contribution in [2.45, 2.75) is 20.8 Å². The first kappa shape index (κ1) is 26.1. The van der Waals surface area contributed by atoms with Gasteiger partial charge in [0.1, 0.15) is 0 Å². The van der Waals surface area contributed by atoms with E-state index in [1.54, 1.807) is 6.08 Å². The minimum absolute atomic E-state index is 0.542. The predicted octanol–water partition coefficient (Wildman–Crippen LogP) is 7.13. The molecule has 4 heteroatoms. The summed E-state index contributed by atoms with van der Waals surface area (Å²) in [7, 11) is 0. The third-order valence-electron chi connectivity index (χ3n) is 5.14. The third-order valence-corrected chi connectivity index (χ3v) is 5.14. The summed E-state index contributed by atoms with van der Waals surface area (Å²) in [5, 5.41) is 10.9. The molecule has 0 amide bonds. The number of aliphatic imine (C=N–C) groups is 1. The summed E-state index contributed by atoms with van der Waals surface area (Å²) in [6, 6.07) is 16.3. The van der Waals surface area contributed by atoms with Crippen LogP contribution in [-0.2, 0) is 0 Å². The van der Waals surface area contributed by atoms with Crippen LogP contribution in [0.5, 0.6) is 0 Å². The van der Waals surface area contributed by atoms with Gasteiger partial charge in [-0.05, 0) is 73.0 Å². The van der Waals surface area contributed by atoms with Crippen LogP contribution in [0.1, 0.15) is 26.3 Å². The van der Waals surface area contributed by atoms with Crippen LogP contribution in [0.25, 0.3) is 16.8 Å². The van der Waals surface area contributed by atoms with Gasteiger partial charge in [0, 0.05) is 29.7 Å². The molecule has 0 saturated carbocycles.